The number of hydrogen-bond donors (Lipinski definition) is 3. The molecule has 0 bridgehead atoms. The summed E-state index contributed by atoms with van der Waals surface area (Å²) >= 11 is 4.20. The fourth-order valence-corrected chi connectivity index (χ4v) is 1.21. The molecule has 2 nitrogen and oxygen atoms in total. The Balaban J connectivity index is 2.20. The van der Waals surface area contributed by atoms with Gasteiger partial charge in [0.1, 0.15) is 0 Å². The Labute approximate surface area is 55.2 Å². The first kappa shape index (κ1) is 6.39. The van der Waals surface area contributed by atoms with Gasteiger partial charge < -0.3 is 0 Å². The maximum atomic E-state index is 5.15. The molecular formula is C5H12N2S. The highest BCUT2D eigenvalue weighted by atomic mass is 32.1. The van der Waals surface area contributed by atoms with Gasteiger partial charge in [-0.15, -0.1) is 0 Å². The highest BCUT2D eigenvalue weighted by Gasteiger charge is 2.40. The molecule has 0 heterocycles. The van der Waals surface area contributed by atoms with Crippen LogP contribution in [0, 0.1) is 5.41 Å². The van der Waals surface area contributed by atoms with E-state index >= 15 is 0 Å². The van der Waals surface area contributed by atoms with Crippen LogP contribution in [0.15, 0.2) is 0 Å². The minimum absolute atomic E-state index is 0.470. The van der Waals surface area contributed by atoms with E-state index in [0.29, 0.717) is 5.41 Å². The maximum Gasteiger partial charge on any atom is 0.0162 e. The van der Waals surface area contributed by atoms with Crippen molar-refractivity contribution < 1.29 is 0 Å². The van der Waals surface area contributed by atoms with Crippen LogP contribution in [-0.2, 0) is 0 Å². The van der Waals surface area contributed by atoms with Gasteiger partial charge in [0.25, 0.3) is 0 Å². The zero-order valence-electron chi connectivity index (χ0n) is 4.85. The Hall–Kier alpha value is 0.270. The van der Waals surface area contributed by atoms with E-state index < -0.39 is 0 Å². The Morgan fingerprint density at radius 1 is 1.62 bits per heavy atom. The third-order valence-electron chi connectivity index (χ3n) is 1.77. The molecule has 0 aromatic rings. The predicted molar refractivity (Wildman–Crippen MR) is 37.7 cm³/mol. The second kappa shape index (κ2) is 2.25. The molecule has 0 atom stereocenters. The van der Waals surface area contributed by atoms with Crippen molar-refractivity contribution in [2.45, 2.75) is 12.8 Å². The van der Waals surface area contributed by atoms with Gasteiger partial charge in [0.05, 0.1) is 0 Å². The number of hydrogen-bond acceptors (Lipinski definition) is 3. The first-order valence-corrected chi connectivity index (χ1v) is 3.51. The molecule has 0 radical (unpaired) electrons. The summed E-state index contributed by atoms with van der Waals surface area (Å²) in [6.07, 6.45) is 2.58. The Morgan fingerprint density at radius 2 is 2.25 bits per heavy atom. The summed E-state index contributed by atoms with van der Waals surface area (Å²) in [6, 6.07) is 0. The van der Waals surface area contributed by atoms with Crippen molar-refractivity contribution in [1.82, 2.24) is 5.43 Å². The summed E-state index contributed by atoms with van der Waals surface area (Å²) in [6.45, 7) is 0.927. The van der Waals surface area contributed by atoms with Crippen molar-refractivity contribution in [3.05, 3.63) is 0 Å². The van der Waals surface area contributed by atoms with Gasteiger partial charge in [0, 0.05) is 6.54 Å². The molecule has 1 rings (SSSR count). The second-order valence-corrected chi connectivity index (χ2v) is 2.86. The van der Waals surface area contributed by atoms with E-state index in [4.69, 9.17) is 5.84 Å². The van der Waals surface area contributed by atoms with Crippen LogP contribution in [0.2, 0.25) is 0 Å². The Kier molecular flexibility index (Phi) is 1.80. The summed E-state index contributed by atoms with van der Waals surface area (Å²) in [7, 11) is 0. The van der Waals surface area contributed by atoms with Crippen molar-refractivity contribution in [3.63, 3.8) is 0 Å². The number of nitrogens with one attached hydrogen (secondary N) is 1. The van der Waals surface area contributed by atoms with E-state index in [1.165, 1.54) is 12.8 Å². The molecule has 1 fully saturated rings. The van der Waals surface area contributed by atoms with Gasteiger partial charge in [-0.05, 0) is 24.0 Å². The second-order valence-electron chi connectivity index (χ2n) is 2.54. The first-order valence-electron chi connectivity index (χ1n) is 2.87. The fraction of sp³-hybridized carbons (Fsp3) is 1.00. The highest BCUT2D eigenvalue weighted by Crippen LogP contribution is 2.45. The lowest BCUT2D eigenvalue weighted by Gasteiger charge is -2.08. The normalized spacial score (nSPS) is 23.2. The van der Waals surface area contributed by atoms with Crippen LogP contribution < -0.4 is 11.3 Å². The third-order valence-corrected chi connectivity index (χ3v) is 2.44. The van der Waals surface area contributed by atoms with Gasteiger partial charge in [0.2, 0.25) is 0 Å². The van der Waals surface area contributed by atoms with Crippen molar-refractivity contribution in [2.75, 3.05) is 12.3 Å². The Morgan fingerprint density at radius 3 is 2.38 bits per heavy atom. The van der Waals surface area contributed by atoms with E-state index in [1.807, 2.05) is 0 Å². The molecule has 0 aromatic carbocycles. The third kappa shape index (κ3) is 1.16. The minimum Gasteiger partial charge on any atom is -0.271 e. The molecule has 8 heavy (non-hydrogen) atoms. The van der Waals surface area contributed by atoms with Gasteiger partial charge in [-0.3, -0.25) is 11.3 Å². The molecule has 0 amide bonds. The summed E-state index contributed by atoms with van der Waals surface area (Å²) in [4.78, 5) is 0. The van der Waals surface area contributed by atoms with Crippen LogP contribution in [0.5, 0.6) is 0 Å². The molecule has 48 valence electrons. The average Bonchev–Trinajstić information content (AvgIpc) is 2.50. The lowest BCUT2D eigenvalue weighted by molar-refractivity contribution is 0.521. The van der Waals surface area contributed by atoms with Crippen LogP contribution >= 0.6 is 12.6 Å². The van der Waals surface area contributed by atoms with Gasteiger partial charge in [0.15, 0.2) is 0 Å². The summed E-state index contributed by atoms with van der Waals surface area (Å²) in [5.74, 6) is 6.12. The molecule has 3 N–H and O–H groups in total. The van der Waals surface area contributed by atoms with Crippen molar-refractivity contribution >= 4 is 12.6 Å². The molecule has 0 aromatic heterocycles. The van der Waals surface area contributed by atoms with E-state index in [9.17, 15) is 0 Å². The van der Waals surface area contributed by atoms with E-state index in [0.717, 1.165) is 12.3 Å². The lowest BCUT2D eigenvalue weighted by Crippen LogP contribution is -2.30. The number of thiol groups is 1. The van der Waals surface area contributed by atoms with Crippen LogP contribution in [0.4, 0.5) is 0 Å². The van der Waals surface area contributed by atoms with Crippen molar-refractivity contribution in [2.24, 2.45) is 11.3 Å². The molecule has 1 aliphatic rings. The van der Waals surface area contributed by atoms with E-state index in [2.05, 4.69) is 18.1 Å². The topological polar surface area (TPSA) is 38.0 Å². The summed E-state index contributed by atoms with van der Waals surface area (Å²) < 4.78 is 0. The van der Waals surface area contributed by atoms with Crippen LogP contribution in [0.3, 0.4) is 0 Å². The Bertz CT molecular complexity index is 80.5. The molecule has 0 saturated heterocycles. The zero-order valence-corrected chi connectivity index (χ0v) is 5.75. The predicted octanol–water partition coefficient (Wildman–Crippen LogP) is 0.160. The molecule has 0 spiro atoms. The average molecular weight is 132 g/mol. The zero-order chi connectivity index (χ0) is 6.04. The quantitative estimate of drug-likeness (QED) is 0.291. The van der Waals surface area contributed by atoms with Gasteiger partial charge in [-0.1, -0.05) is 0 Å². The first-order chi connectivity index (χ1) is 3.83. The fourth-order valence-electron chi connectivity index (χ4n) is 0.784. The molecule has 3 heteroatoms. The van der Waals surface area contributed by atoms with Crippen molar-refractivity contribution in [1.29, 1.82) is 0 Å². The van der Waals surface area contributed by atoms with Crippen LogP contribution in [-0.4, -0.2) is 12.3 Å². The molecular weight excluding hydrogens is 120 g/mol. The number of nitrogens with two attached hydrogens (primary N) is 1. The SMILES string of the molecule is NNCC1(CS)CC1. The lowest BCUT2D eigenvalue weighted by atomic mass is 10.1. The van der Waals surface area contributed by atoms with Gasteiger partial charge >= 0.3 is 0 Å². The largest absolute Gasteiger partial charge is 0.271 e. The summed E-state index contributed by atoms with van der Waals surface area (Å²) in [5.41, 5.74) is 3.14. The van der Waals surface area contributed by atoms with E-state index in [-0.39, 0.29) is 0 Å². The maximum absolute atomic E-state index is 5.15. The van der Waals surface area contributed by atoms with Crippen molar-refractivity contribution in [3.8, 4) is 0 Å². The molecule has 1 saturated carbocycles. The summed E-state index contributed by atoms with van der Waals surface area (Å²) in [5, 5.41) is 0. The number of hydrazine groups is 1. The smallest absolute Gasteiger partial charge is 0.0162 e. The van der Waals surface area contributed by atoms with Gasteiger partial charge in [-0.2, -0.15) is 12.6 Å². The van der Waals surface area contributed by atoms with Crippen LogP contribution in [0.25, 0.3) is 0 Å². The number of rotatable bonds is 3. The standard InChI is InChI=1S/C5H12N2S/c6-7-3-5(4-8)1-2-5/h7-8H,1-4,6H2. The van der Waals surface area contributed by atoms with Gasteiger partial charge in [-0.25, -0.2) is 0 Å². The van der Waals surface area contributed by atoms with E-state index in [1.54, 1.807) is 0 Å². The highest BCUT2D eigenvalue weighted by molar-refractivity contribution is 7.80. The molecule has 0 unspecified atom stereocenters. The molecule has 1 aliphatic carbocycles. The van der Waals surface area contributed by atoms with Crippen LogP contribution in [0.1, 0.15) is 12.8 Å². The monoisotopic (exact) mass is 132 g/mol. The minimum atomic E-state index is 0.470. The molecule has 0 aliphatic heterocycles.